The molecule has 37 heavy (non-hydrogen) atoms. The molecular weight excluding hydrogens is 485 g/mol. The Balaban J connectivity index is 1.90. The maximum Gasteiger partial charge on any atom is 0.471 e. The monoisotopic (exact) mass is 524 g/mol. The predicted molar refractivity (Wildman–Crippen MR) is 138 cm³/mol. The minimum Gasteiger partial charge on any atom is -0.493 e. The van der Waals surface area contributed by atoms with E-state index in [0.29, 0.717) is 26.0 Å². The predicted octanol–water partition coefficient (Wildman–Crippen LogP) is 5.89. The van der Waals surface area contributed by atoms with E-state index in [1.807, 2.05) is 0 Å². The molecule has 0 radical (unpaired) electrons. The molecular formula is C27H39F3N4O3. The van der Waals surface area contributed by atoms with Crippen molar-refractivity contribution in [2.24, 2.45) is 7.05 Å². The van der Waals surface area contributed by atoms with Gasteiger partial charge in [-0.05, 0) is 48.1 Å². The van der Waals surface area contributed by atoms with Crippen LogP contribution in [-0.2, 0) is 22.7 Å². The lowest BCUT2D eigenvalue weighted by Crippen LogP contribution is -2.31. The molecule has 0 aliphatic rings. The molecule has 2 N–H and O–H groups in total. The van der Waals surface area contributed by atoms with Crippen molar-refractivity contribution in [3.8, 4) is 5.75 Å². The van der Waals surface area contributed by atoms with Crippen LogP contribution in [-0.4, -0.2) is 40.7 Å². The Hall–Kier alpha value is -3.04. The fourth-order valence-corrected chi connectivity index (χ4v) is 3.61. The van der Waals surface area contributed by atoms with Crippen LogP contribution < -0.4 is 15.4 Å². The molecule has 2 aromatic rings. The Morgan fingerprint density at radius 1 is 1.03 bits per heavy atom. The number of halogens is 3. The number of hydrogen-bond acceptors (Lipinski definition) is 4. The number of benzene rings is 1. The van der Waals surface area contributed by atoms with E-state index in [1.165, 1.54) is 18.2 Å². The van der Waals surface area contributed by atoms with Crippen LogP contribution in [0.1, 0.15) is 88.8 Å². The minimum absolute atomic E-state index is 0.0370. The molecule has 206 valence electrons. The van der Waals surface area contributed by atoms with Crippen LogP contribution in [0, 0.1) is 0 Å². The summed E-state index contributed by atoms with van der Waals surface area (Å²) in [7, 11) is 1.35. The summed E-state index contributed by atoms with van der Waals surface area (Å²) < 4.78 is 44.6. The van der Waals surface area contributed by atoms with Crippen molar-refractivity contribution in [3.05, 3.63) is 41.2 Å². The highest BCUT2D eigenvalue weighted by Gasteiger charge is 2.39. The van der Waals surface area contributed by atoms with Crippen LogP contribution in [0.4, 0.5) is 19.1 Å². The number of unbranched alkanes of at least 4 members (excludes halogenated alkanes) is 1. The van der Waals surface area contributed by atoms with Gasteiger partial charge in [-0.2, -0.15) is 13.2 Å². The van der Waals surface area contributed by atoms with Gasteiger partial charge in [-0.3, -0.25) is 14.9 Å². The van der Waals surface area contributed by atoms with Crippen molar-refractivity contribution in [1.82, 2.24) is 14.9 Å². The second-order valence-electron chi connectivity index (χ2n) is 10.5. The smallest absolute Gasteiger partial charge is 0.471 e. The normalized spacial score (nSPS) is 12.4. The zero-order valence-electron chi connectivity index (χ0n) is 22.8. The van der Waals surface area contributed by atoms with E-state index in [2.05, 4.69) is 70.0 Å². The second-order valence-corrected chi connectivity index (χ2v) is 10.5. The topological polar surface area (TPSA) is 85.2 Å². The number of nitrogens with zero attached hydrogens (tertiary/aromatic N) is 2. The lowest BCUT2D eigenvalue weighted by atomic mass is 9.76. The number of imidazole rings is 1. The van der Waals surface area contributed by atoms with Crippen LogP contribution >= 0.6 is 0 Å². The number of alkyl halides is 3. The molecule has 2 rings (SSSR count). The summed E-state index contributed by atoms with van der Waals surface area (Å²) in [6.07, 6.45) is -0.571. The first-order chi connectivity index (χ1) is 17.1. The lowest BCUT2D eigenvalue weighted by molar-refractivity contribution is -0.167. The molecule has 0 saturated carbocycles. The average Bonchev–Trinajstić information content (AvgIpc) is 3.20. The van der Waals surface area contributed by atoms with Gasteiger partial charge in [0.2, 0.25) is 5.95 Å². The summed E-state index contributed by atoms with van der Waals surface area (Å²) in [6, 6.07) is 6.45. The van der Waals surface area contributed by atoms with Gasteiger partial charge in [0.25, 0.3) is 5.91 Å². The van der Waals surface area contributed by atoms with Gasteiger partial charge >= 0.3 is 12.1 Å². The fraction of sp³-hybridized carbons (Fsp3) is 0.593. The van der Waals surface area contributed by atoms with Gasteiger partial charge in [-0.1, -0.05) is 53.7 Å². The zero-order chi connectivity index (χ0) is 28.0. The van der Waals surface area contributed by atoms with Crippen molar-refractivity contribution < 1.29 is 27.5 Å². The third-order valence-electron chi connectivity index (χ3n) is 7.08. The SMILES string of the molecule is CCC(C)(C)c1ccc(OCCCCNC(=O)c2cnc(NC(=O)C(F)(F)F)n2C)c(C(C)(C)CC)c1. The third kappa shape index (κ3) is 7.72. The zero-order valence-corrected chi connectivity index (χ0v) is 22.8. The molecule has 10 heteroatoms. The highest BCUT2D eigenvalue weighted by Crippen LogP contribution is 2.38. The summed E-state index contributed by atoms with van der Waals surface area (Å²) in [6.45, 7) is 14.1. The molecule has 7 nitrogen and oxygen atoms in total. The van der Waals surface area contributed by atoms with E-state index in [1.54, 1.807) is 5.32 Å². The van der Waals surface area contributed by atoms with Gasteiger partial charge < -0.3 is 14.6 Å². The molecule has 0 atom stereocenters. The first-order valence-electron chi connectivity index (χ1n) is 12.6. The van der Waals surface area contributed by atoms with Gasteiger partial charge in [0.1, 0.15) is 11.4 Å². The average molecular weight is 525 g/mol. The summed E-state index contributed by atoms with van der Waals surface area (Å²) in [5.74, 6) is -2.14. The highest BCUT2D eigenvalue weighted by molar-refractivity contribution is 5.96. The number of hydrogen-bond donors (Lipinski definition) is 2. The minimum atomic E-state index is -5.04. The van der Waals surface area contributed by atoms with E-state index in [0.717, 1.165) is 29.4 Å². The van der Waals surface area contributed by atoms with Gasteiger partial charge in [0, 0.05) is 19.2 Å². The van der Waals surface area contributed by atoms with Gasteiger partial charge in [-0.25, -0.2) is 4.98 Å². The maximum absolute atomic E-state index is 12.4. The number of carbonyl (C=O) groups excluding carboxylic acids is 2. The van der Waals surface area contributed by atoms with Crippen molar-refractivity contribution >= 4 is 17.8 Å². The van der Waals surface area contributed by atoms with E-state index in [9.17, 15) is 22.8 Å². The van der Waals surface area contributed by atoms with Crippen molar-refractivity contribution in [1.29, 1.82) is 0 Å². The summed E-state index contributed by atoms with van der Waals surface area (Å²) in [5.41, 5.74) is 2.55. The van der Waals surface area contributed by atoms with Crippen LogP contribution in [0.2, 0.25) is 0 Å². The Morgan fingerprint density at radius 3 is 2.27 bits per heavy atom. The number of carbonyl (C=O) groups is 2. The second kappa shape index (κ2) is 12.0. The molecule has 1 heterocycles. The number of anilines is 1. The van der Waals surface area contributed by atoms with Gasteiger partial charge in [0.15, 0.2) is 0 Å². The van der Waals surface area contributed by atoms with E-state index in [-0.39, 0.29) is 22.5 Å². The fourth-order valence-electron chi connectivity index (χ4n) is 3.61. The van der Waals surface area contributed by atoms with Crippen molar-refractivity contribution in [2.45, 2.75) is 84.2 Å². The Bertz CT molecular complexity index is 1090. The highest BCUT2D eigenvalue weighted by atomic mass is 19.4. The lowest BCUT2D eigenvalue weighted by Gasteiger charge is -2.30. The summed E-state index contributed by atoms with van der Waals surface area (Å²) in [5, 5.41) is 4.37. The van der Waals surface area contributed by atoms with Gasteiger partial charge in [0.05, 0.1) is 12.8 Å². The first-order valence-corrected chi connectivity index (χ1v) is 12.6. The van der Waals surface area contributed by atoms with Crippen molar-refractivity contribution in [3.63, 3.8) is 0 Å². The third-order valence-corrected chi connectivity index (χ3v) is 7.08. The molecule has 0 aliphatic heterocycles. The molecule has 0 fully saturated rings. The Kier molecular flexibility index (Phi) is 9.79. The molecule has 2 amide bonds. The largest absolute Gasteiger partial charge is 0.493 e. The van der Waals surface area contributed by atoms with Crippen LogP contribution in [0.15, 0.2) is 24.4 Å². The van der Waals surface area contributed by atoms with Crippen LogP contribution in [0.3, 0.4) is 0 Å². The maximum atomic E-state index is 12.4. The van der Waals surface area contributed by atoms with Crippen molar-refractivity contribution in [2.75, 3.05) is 18.5 Å². The standard InChI is InChI=1S/C27H39F3N4O3/c1-8-25(3,4)18-12-13-21(19(16-18)26(5,6)9-2)37-15-11-10-14-31-22(35)20-17-32-24(34(20)7)33-23(36)27(28,29)30/h12-13,16-17H,8-11,14-15H2,1-7H3,(H,31,35)(H,32,33,36). The first kappa shape index (κ1) is 30.2. The molecule has 0 aliphatic carbocycles. The van der Waals surface area contributed by atoms with E-state index in [4.69, 9.17) is 4.74 Å². The summed E-state index contributed by atoms with van der Waals surface area (Å²) >= 11 is 0. The molecule has 0 bridgehead atoms. The number of rotatable bonds is 12. The van der Waals surface area contributed by atoms with E-state index < -0.39 is 18.0 Å². The Labute approximate surface area is 217 Å². The van der Waals surface area contributed by atoms with E-state index >= 15 is 0 Å². The quantitative estimate of drug-likeness (QED) is 0.339. The molecule has 1 aromatic heterocycles. The number of amides is 2. The Morgan fingerprint density at radius 2 is 1.68 bits per heavy atom. The number of ether oxygens (including phenoxy) is 1. The summed E-state index contributed by atoms with van der Waals surface area (Å²) in [4.78, 5) is 27.2. The number of nitrogens with one attached hydrogen (secondary N) is 2. The molecule has 0 spiro atoms. The molecule has 1 aromatic carbocycles. The number of aromatic nitrogens is 2. The van der Waals surface area contributed by atoms with Gasteiger partial charge in [-0.15, -0.1) is 0 Å². The van der Waals surface area contributed by atoms with Crippen LogP contribution in [0.25, 0.3) is 0 Å². The molecule has 0 unspecified atom stereocenters. The molecule has 0 saturated heterocycles. The van der Waals surface area contributed by atoms with Crippen LogP contribution in [0.5, 0.6) is 5.75 Å².